The molecule has 0 unspecified atom stereocenters. The van der Waals surface area contributed by atoms with Crippen LogP contribution in [-0.4, -0.2) is 60.2 Å². The number of anilines is 1. The van der Waals surface area contributed by atoms with Crippen LogP contribution in [-0.2, 0) is 16.6 Å². The Morgan fingerprint density at radius 3 is 2.50 bits per heavy atom. The van der Waals surface area contributed by atoms with Crippen LogP contribution in [0.5, 0.6) is 0 Å². The van der Waals surface area contributed by atoms with Gasteiger partial charge in [-0.1, -0.05) is 24.3 Å². The molecule has 11 heteroatoms. The first-order valence-corrected chi connectivity index (χ1v) is 12.1. The van der Waals surface area contributed by atoms with Crippen molar-refractivity contribution in [1.82, 2.24) is 14.8 Å². The number of nitrogens with one attached hydrogen (secondary N) is 1. The Balaban J connectivity index is 1.46. The molecule has 1 aliphatic rings. The summed E-state index contributed by atoms with van der Waals surface area (Å²) in [5.41, 5.74) is 1.11. The second kappa shape index (κ2) is 9.98. The lowest BCUT2D eigenvalue weighted by Crippen LogP contribution is -2.48. The zero-order valence-corrected chi connectivity index (χ0v) is 19.0. The van der Waals surface area contributed by atoms with Crippen molar-refractivity contribution < 1.29 is 18.1 Å². The number of hydrogen-bond donors (Lipinski definition) is 1. The highest BCUT2D eigenvalue weighted by Gasteiger charge is 2.26. The number of hydrogen-bond acceptors (Lipinski definition) is 7. The number of non-ortho nitro benzene ring substituents is 1. The number of benzene rings is 2. The highest BCUT2D eigenvalue weighted by molar-refractivity contribution is 7.92. The number of amides is 1. The Kier molecular flexibility index (Phi) is 6.85. The van der Waals surface area contributed by atoms with Crippen LogP contribution in [0.1, 0.15) is 15.9 Å². The number of pyridine rings is 1. The van der Waals surface area contributed by atoms with E-state index in [-0.39, 0.29) is 27.7 Å². The van der Waals surface area contributed by atoms with Crippen molar-refractivity contribution in [1.29, 1.82) is 0 Å². The van der Waals surface area contributed by atoms with E-state index in [1.54, 1.807) is 29.3 Å². The van der Waals surface area contributed by atoms with Crippen molar-refractivity contribution in [2.24, 2.45) is 0 Å². The van der Waals surface area contributed by atoms with Crippen molar-refractivity contribution in [3.63, 3.8) is 0 Å². The summed E-state index contributed by atoms with van der Waals surface area (Å²) < 4.78 is 28.2. The van der Waals surface area contributed by atoms with Gasteiger partial charge in [0.05, 0.1) is 21.1 Å². The van der Waals surface area contributed by atoms with Gasteiger partial charge in [-0.25, -0.2) is 8.42 Å². The summed E-state index contributed by atoms with van der Waals surface area (Å²) in [6.07, 6.45) is 3.55. The standard InChI is InChI=1S/C23H23N5O5S/c29-23(27-13-11-26(12-14-27)17-18-5-4-10-24-16-18)21-8-1-2-9-22(21)25-34(32,33)20-7-3-6-19(15-20)28(30)31/h1-10,15-16,25H,11-14,17H2. The number of sulfonamides is 1. The highest BCUT2D eigenvalue weighted by Crippen LogP contribution is 2.24. The summed E-state index contributed by atoms with van der Waals surface area (Å²) in [4.78, 5) is 31.4. The van der Waals surface area contributed by atoms with Crippen LogP contribution in [0, 0.1) is 10.1 Å². The summed E-state index contributed by atoms with van der Waals surface area (Å²) in [6, 6.07) is 15.0. The van der Waals surface area contributed by atoms with Gasteiger partial charge in [-0.2, -0.15) is 0 Å². The zero-order valence-electron chi connectivity index (χ0n) is 18.2. The molecule has 0 aliphatic carbocycles. The molecule has 1 aromatic heterocycles. The largest absolute Gasteiger partial charge is 0.336 e. The lowest BCUT2D eigenvalue weighted by Gasteiger charge is -2.35. The lowest BCUT2D eigenvalue weighted by atomic mass is 10.1. The van der Waals surface area contributed by atoms with E-state index in [1.807, 2.05) is 18.3 Å². The average molecular weight is 482 g/mol. The molecule has 0 bridgehead atoms. The summed E-state index contributed by atoms with van der Waals surface area (Å²) in [5, 5.41) is 11.0. The van der Waals surface area contributed by atoms with Crippen LogP contribution in [0.25, 0.3) is 0 Å². The molecule has 1 aliphatic heterocycles. The smallest absolute Gasteiger partial charge is 0.270 e. The van der Waals surface area contributed by atoms with Gasteiger partial charge in [0.25, 0.3) is 21.6 Å². The van der Waals surface area contributed by atoms with Crippen molar-refractivity contribution in [3.05, 3.63) is 94.3 Å². The molecule has 2 heterocycles. The van der Waals surface area contributed by atoms with Crippen LogP contribution in [0.4, 0.5) is 11.4 Å². The topological polar surface area (TPSA) is 126 Å². The Morgan fingerprint density at radius 2 is 1.79 bits per heavy atom. The van der Waals surface area contributed by atoms with Gasteiger partial charge in [-0.3, -0.25) is 29.5 Å². The molecule has 1 saturated heterocycles. The number of aromatic nitrogens is 1. The molecule has 10 nitrogen and oxygen atoms in total. The highest BCUT2D eigenvalue weighted by atomic mass is 32.2. The second-order valence-electron chi connectivity index (χ2n) is 7.84. The minimum absolute atomic E-state index is 0.122. The van der Waals surface area contributed by atoms with E-state index < -0.39 is 14.9 Å². The molecule has 2 aromatic carbocycles. The lowest BCUT2D eigenvalue weighted by molar-refractivity contribution is -0.385. The van der Waals surface area contributed by atoms with Crippen molar-refractivity contribution >= 4 is 27.3 Å². The first kappa shape index (κ1) is 23.3. The van der Waals surface area contributed by atoms with E-state index in [9.17, 15) is 23.3 Å². The molecule has 3 aromatic rings. The minimum atomic E-state index is -4.14. The predicted octanol–water partition coefficient (Wildman–Crippen LogP) is 2.75. The molecule has 1 amide bonds. The maximum absolute atomic E-state index is 13.2. The van der Waals surface area contributed by atoms with Crippen LogP contribution < -0.4 is 4.72 Å². The van der Waals surface area contributed by atoms with Crippen molar-refractivity contribution in [3.8, 4) is 0 Å². The molecule has 0 radical (unpaired) electrons. The Morgan fingerprint density at radius 1 is 1.03 bits per heavy atom. The Bertz CT molecular complexity index is 1290. The number of nitro benzene ring substituents is 1. The monoisotopic (exact) mass is 481 g/mol. The summed E-state index contributed by atoms with van der Waals surface area (Å²) >= 11 is 0. The molecule has 1 fully saturated rings. The number of carbonyl (C=O) groups is 1. The van der Waals surface area contributed by atoms with Gasteiger partial charge in [-0.15, -0.1) is 0 Å². The number of nitrogens with zero attached hydrogens (tertiary/aromatic N) is 4. The molecule has 34 heavy (non-hydrogen) atoms. The van der Waals surface area contributed by atoms with Gasteiger partial charge in [-0.05, 0) is 29.8 Å². The molecular weight excluding hydrogens is 458 g/mol. The molecule has 4 rings (SSSR count). The Labute approximate surface area is 197 Å². The normalized spacial score (nSPS) is 14.5. The fourth-order valence-electron chi connectivity index (χ4n) is 3.76. The van der Waals surface area contributed by atoms with Gasteiger partial charge in [0.2, 0.25) is 0 Å². The fourth-order valence-corrected chi connectivity index (χ4v) is 4.87. The third kappa shape index (κ3) is 5.38. The van der Waals surface area contributed by atoms with Gasteiger partial charge in [0.1, 0.15) is 0 Å². The van der Waals surface area contributed by atoms with Crippen LogP contribution >= 0.6 is 0 Å². The third-order valence-electron chi connectivity index (χ3n) is 5.53. The minimum Gasteiger partial charge on any atom is -0.336 e. The van der Waals surface area contributed by atoms with Crippen LogP contribution in [0.15, 0.2) is 78.0 Å². The quantitative estimate of drug-likeness (QED) is 0.406. The fraction of sp³-hybridized carbons (Fsp3) is 0.217. The average Bonchev–Trinajstić information content (AvgIpc) is 2.85. The summed E-state index contributed by atoms with van der Waals surface area (Å²) in [7, 11) is -4.14. The number of rotatable bonds is 7. The maximum Gasteiger partial charge on any atom is 0.270 e. The molecule has 1 N–H and O–H groups in total. The second-order valence-corrected chi connectivity index (χ2v) is 9.52. The molecule has 0 spiro atoms. The van der Waals surface area contributed by atoms with E-state index in [2.05, 4.69) is 14.6 Å². The van der Waals surface area contributed by atoms with Gasteiger partial charge in [0, 0.05) is 57.3 Å². The van der Waals surface area contributed by atoms with E-state index in [4.69, 9.17) is 0 Å². The molecule has 0 saturated carbocycles. The van der Waals surface area contributed by atoms with Gasteiger partial charge in [0.15, 0.2) is 0 Å². The first-order valence-electron chi connectivity index (χ1n) is 10.6. The van der Waals surface area contributed by atoms with Gasteiger partial charge < -0.3 is 4.90 Å². The zero-order chi connectivity index (χ0) is 24.1. The first-order chi connectivity index (χ1) is 16.3. The number of para-hydroxylation sites is 1. The SMILES string of the molecule is O=C(c1ccccc1NS(=O)(=O)c1cccc([N+](=O)[O-])c1)N1CCN(Cc2cccnc2)CC1. The molecule has 0 atom stereocenters. The van der Waals surface area contributed by atoms with E-state index >= 15 is 0 Å². The molecule has 176 valence electrons. The molecular formula is C23H23N5O5S. The van der Waals surface area contributed by atoms with Crippen LogP contribution in [0.2, 0.25) is 0 Å². The third-order valence-corrected chi connectivity index (χ3v) is 6.89. The maximum atomic E-state index is 13.2. The van der Waals surface area contributed by atoms with E-state index in [0.29, 0.717) is 26.2 Å². The van der Waals surface area contributed by atoms with Crippen LogP contribution in [0.3, 0.4) is 0 Å². The van der Waals surface area contributed by atoms with Crippen molar-refractivity contribution in [2.45, 2.75) is 11.4 Å². The van der Waals surface area contributed by atoms with E-state index in [0.717, 1.165) is 18.2 Å². The van der Waals surface area contributed by atoms with Crippen molar-refractivity contribution in [2.75, 3.05) is 30.9 Å². The van der Waals surface area contributed by atoms with Gasteiger partial charge >= 0.3 is 0 Å². The number of piperazine rings is 1. The summed E-state index contributed by atoms with van der Waals surface area (Å²) in [5.74, 6) is -0.279. The predicted molar refractivity (Wildman–Crippen MR) is 126 cm³/mol. The number of nitro groups is 1. The summed E-state index contributed by atoms with van der Waals surface area (Å²) in [6.45, 7) is 3.12. The number of carbonyl (C=O) groups excluding carboxylic acids is 1. The Hall–Kier alpha value is -3.83. The van der Waals surface area contributed by atoms with E-state index in [1.165, 1.54) is 24.3 Å².